The Hall–Kier alpha value is -4.26. The Morgan fingerprint density at radius 3 is 2.05 bits per heavy atom. The fourth-order valence-corrected chi connectivity index (χ4v) is 4.75. The quantitative estimate of drug-likeness (QED) is 0.217. The van der Waals surface area contributed by atoms with Gasteiger partial charge in [0.05, 0.1) is 36.3 Å². The molecule has 2 aromatic heterocycles. The van der Waals surface area contributed by atoms with Crippen molar-refractivity contribution in [1.82, 2.24) is 9.97 Å². The molecule has 3 heterocycles. The van der Waals surface area contributed by atoms with Crippen molar-refractivity contribution in [1.29, 1.82) is 0 Å². The van der Waals surface area contributed by atoms with Crippen LogP contribution in [0.4, 0.5) is 0 Å². The van der Waals surface area contributed by atoms with Crippen molar-refractivity contribution in [2.45, 2.75) is 38.9 Å². The first kappa shape index (κ1) is 16.1. The molecule has 6 heteroatoms. The van der Waals surface area contributed by atoms with Crippen molar-refractivity contribution < 1.29 is 27.4 Å². The van der Waals surface area contributed by atoms with Gasteiger partial charge in [0.25, 0.3) is 0 Å². The molecule has 1 aliphatic heterocycles. The van der Waals surface area contributed by atoms with E-state index >= 15 is 0 Å². The molecule has 0 unspecified atom stereocenters. The fraction of sp³-hybridized carbons (Fsp3) is 0.176. The SMILES string of the molecule is [2H]c1c([2H])c([2H])c(-c2cc(-c3cccc4oc5ccc(B6OC(C)(C)C(C)(C)O6)cc5c34)nc(-c3c([2H])c([2H])c([2H])c([2H])c3[2H])n2)c([2H])c1[2H]. The minimum Gasteiger partial charge on any atom is -0.456 e. The Bertz CT molecular complexity index is 2270. The number of hydrogen-bond donors (Lipinski definition) is 0. The number of fused-ring (bicyclic) bond motifs is 3. The number of aromatic nitrogens is 2. The molecule has 0 spiro atoms. The van der Waals surface area contributed by atoms with Crippen molar-refractivity contribution in [2.75, 3.05) is 0 Å². The molecule has 4 aromatic carbocycles. The van der Waals surface area contributed by atoms with Crippen molar-refractivity contribution in [3.8, 4) is 33.9 Å². The van der Waals surface area contributed by atoms with Crippen molar-refractivity contribution in [2.24, 2.45) is 0 Å². The fourth-order valence-electron chi connectivity index (χ4n) is 4.75. The normalized spacial score (nSPS) is 19.6. The summed E-state index contributed by atoms with van der Waals surface area (Å²) in [6.07, 6.45) is 0. The minimum absolute atomic E-state index is 0.100. The zero-order valence-corrected chi connectivity index (χ0v) is 22.2. The van der Waals surface area contributed by atoms with Crippen LogP contribution in [-0.4, -0.2) is 28.3 Å². The summed E-state index contributed by atoms with van der Waals surface area (Å²) in [6.45, 7) is 7.86. The van der Waals surface area contributed by atoms with E-state index in [-0.39, 0.29) is 28.3 Å². The Kier molecular flexibility index (Phi) is 3.69. The highest BCUT2D eigenvalue weighted by Crippen LogP contribution is 2.39. The van der Waals surface area contributed by atoms with E-state index < -0.39 is 78.7 Å². The van der Waals surface area contributed by atoms with Crippen LogP contribution in [0.2, 0.25) is 0 Å². The Morgan fingerprint density at radius 1 is 0.700 bits per heavy atom. The highest BCUT2D eigenvalue weighted by Gasteiger charge is 2.51. The Labute approximate surface area is 248 Å². The first-order valence-electron chi connectivity index (χ1n) is 17.8. The summed E-state index contributed by atoms with van der Waals surface area (Å²) in [6, 6.07) is 6.62. The standard InChI is InChI=1S/C34H29BN2O3/c1-33(2)34(3,4)40-35(39-33)24-18-19-29-26(20-24)31-25(16-11-17-30(31)38-29)28-21-27(22-12-7-5-8-13-22)36-32(37-28)23-14-9-6-10-15-23/h5-21H,1-4H3/i5D,6D,7D,8D,9D,10D,12D,13D,14D,15D. The molecule has 6 aromatic rings. The summed E-state index contributed by atoms with van der Waals surface area (Å²) >= 11 is 0. The van der Waals surface area contributed by atoms with Gasteiger partial charge in [-0.25, -0.2) is 9.97 Å². The first-order valence-corrected chi connectivity index (χ1v) is 12.8. The Morgan fingerprint density at radius 2 is 1.35 bits per heavy atom. The van der Waals surface area contributed by atoms with Crippen LogP contribution in [0.1, 0.15) is 41.4 Å². The predicted octanol–water partition coefficient (Wildman–Crippen LogP) is 7.68. The molecule has 196 valence electrons. The van der Waals surface area contributed by atoms with E-state index in [0.29, 0.717) is 27.5 Å². The van der Waals surface area contributed by atoms with Gasteiger partial charge in [-0.15, -0.1) is 0 Å². The molecule has 0 saturated carbocycles. The molecule has 0 N–H and O–H groups in total. The van der Waals surface area contributed by atoms with Crippen LogP contribution in [0, 0.1) is 0 Å². The van der Waals surface area contributed by atoms with E-state index in [2.05, 4.69) is 4.98 Å². The van der Waals surface area contributed by atoms with Gasteiger partial charge in [-0.1, -0.05) is 84.7 Å². The van der Waals surface area contributed by atoms with Gasteiger partial charge in [0, 0.05) is 27.5 Å². The number of furan rings is 1. The monoisotopic (exact) mass is 534 g/mol. The molecular weight excluding hydrogens is 495 g/mol. The molecule has 1 saturated heterocycles. The smallest absolute Gasteiger partial charge is 0.456 e. The van der Waals surface area contributed by atoms with Crippen molar-refractivity contribution in [3.63, 3.8) is 0 Å². The minimum atomic E-state index is -0.660. The second-order valence-corrected chi connectivity index (χ2v) is 10.6. The van der Waals surface area contributed by atoms with Gasteiger partial charge in [0.15, 0.2) is 5.82 Å². The van der Waals surface area contributed by atoms with Crippen molar-refractivity contribution >= 4 is 34.5 Å². The van der Waals surface area contributed by atoms with Crippen LogP contribution < -0.4 is 5.46 Å². The molecule has 0 radical (unpaired) electrons. The molecule has 0 amide bonds. The van der Waals surface area contributed by atoms with Crippen LogP contribution in [0.15, 0.2) is 107 Å². The maximum atomic E-state index is 8.65. The zero-order valence-electron chi connectivity index (χ0n) is 32.2. The summed E-state index contributed by atoms with van der Waals surface area (Å²) in [4.78, 5) is 9.19. The average Bonchev–Trinajstić information content (AvgIpc) is 3.56. The van der Waals surface area contributed by atoms with Crippen molar-refractivity contribution in [3.05, 3.63) is 103 Å². The van der Waals surface area contributed by atoms with E-state index in [9.17, 15) is 0 Å². The molecule has 0 atom stereocenters. The molecule has 1 aliphatic rings. The Balaban J connectivity index is 1.53. The predicted molar refractivity (Wildman–Crippen MR) is 161 cm³/mol. The average molecular weight is 534 g/mol. The van der Waals surface area contributed by atoms with Crippen LogP contribution in [0.3, 0.4) is 0 Å². The van der Waals surface area contributed by atoms with Crippen LogP contribution >= 0.6 is 0 Å². The van der Waals surface area contributed by atoms with Gasteiger partial charge in [0.1, 0.15) is 11.2 Å². The van der Waals surface area contributed by atoms with Gasteiger partial charge in [-0.05, 0) is 51.4 Å². The zero-order chi connectivity index (χ0) is 36.2. The number of rotatable bonds is 4. The lowest BCUT2D eigenvalue weighted by molar-refractivity contribution is 0.00578. The lowest BCUT2D eigenvalue weighted by Crippen LogP contribution is -2.41. The van der Waals surface area contributed by atoms with E-state index in [1.165, 1.54) is 6.07 Å². The largest absolute Gasteiger partial charge is 0.494 e. The molecule has 5 nitrogen and oxygen atoms in total. The molecule has 40 heavy (non-hydrogen) atoms. The highest BCUT2D eigenvalue weighted by atomic mass is 16.7. The number of benzene rings is 4. The number of nitrogens with zero attached hydrogens (tertiary/aromatic N) is 2. The lowest BCUT2D eigenvalue weighted by atomic mass is 9.78. The summed E-state index contributed by atoms with van der Waals surface area (Å²) in [5, 5.41) is 1.31. The third-order valence-electron chi connectivity index (χ3n) is 7.53. The topological polar surface area (TPSA) is 57.4 Å². The van der Waals surface area contributed by atoms with E-state index in [1.807, 2.05) is 45.9 Å². The molecule has 0 aliphatic carbocycles. The number of hydrogen-bond acceptors (Lipinski definition) is 5. The summed E-state index contributed by atoms with van der Waals surface area (Å²) in [5.74, 6) is -0.288. The summed E-state index contributed by atoms with van der Waals surface area (Å²) < 4.78 is 103. The van der Waals surface area contributed by atoms with Crippen LogP contribution in [0.5, 0.6) is 0 Å². The molecule has 0 bridgehead atoms. The third-order valence-corrected chi connectivity index (χ3v) is 7.53. The van der Waals surface area contributed by atoms with E-state index in [1.54, 1.807) is 18.2 Å². The van der Waals surface area contributed by atoms with Gasteiger partial charge < -0.3 is 13.7 Å². The van der Waals surface area contributed by atoms with Gasteiger partial charge in [0.2, 0.25) is 0 Å². The summed E-state index contributed by atoms with van der Waals surface area (Å²) in [5.41, 5.74) is 0.698. The van der Waals surface area contributed by atoms with Crippen LogP contribution in [-0.2, 0) is 9.31 Å². The second kappa shape index (κ2) is 9.15. The first-order chi connectivity index (χ1) is 23.4. The maximum Gasteiger partial charge on any atom is 0.494 e. The summed E-state index contributed by atoms with van der Waals surface area (Å²) in [7, 11) is -0.660. The van der Waals surface area contributed by atoms with Gasteiger partial charge in [-0.3, -0.25) is 0 Å². The molecular formula is C34H29BN2O3. The highest BCUT2D eigenvalue weighted by molar-refractivity contribution is 6.62. The lowest BCUT2D eigenvalue weighted by Gasteiger charge is -2.32. The van der Waals surface area contributed by atoms with Gasteiger partial charge in [-0.2, -0.15) is 0 Å². The van der Waals surface area contributed by atoms with E-state index in [4.69, 9.17) is 32.4 Å². The molecule has 1 fully saturated rings. The van der Waals surface area contributed by atoms with E-state index in [0.717, 1.165) is 5.46 Å². The maximum absolute atomic E-state index is 8.65. The van der Waals surface area contributed by atoms with Crippen LogP contribution in [0.25, 0.3) is 55.8 Å². The van der Waals surface area contributed by atoms with Gasteiger partial charge >= 0.3 is 7.12 Å². The third kappa shape index (κ3) is 4.12. The second-order valence-electron chi connectivity index (χ2n) is 10.6. The molecule has 7 rings (SSSR count).